The van der Waals surface area contributed by atoms with E-state index in [4.69, 9.17) is 23.2 Å². The number of piperidine rings is 6. The number of fused-ring (bicyclic) bond motifs is 6. The third-order valence-electron chi connectivity index (χ3n) is 9.74. The van der Waals surface area contributed by atoms with E-state index in [0.29, 0.717) is 39.5 Å². The fraction of sp³-hybridized carbons (Fsp3) is 0.438. The number of aromatic amines is 2. The van der Waals surface area contributed by atoms with E-state index in [1.165, 1.54) is 51.9 Å². The van der Waals surface area contributed by atoms with Crippen LogP contribution < -0.4 is 11.1 Å². The van der Waals surface area contributed by atoms with Gasteiger partial charge in [0, 0.05) is 35.5 Å². The number of aromatic nitrogens is 4. The zero-order valence-electron chi connectivity index (χ0n) is 23.5. The molecular formula is C32H36Cl2N6O2. The van der Waals surface area contributed by atoms with Gasteiger partial charge in [-0.25, -0.2) is 0 Å². The van der Waals surface area contributed by atoms with Crippen LogP contribution in [-0.4, -0.2) is 68.6 Å². The molecule has 42 heavy (non-hydrogen) atoms. The fourth-order valence-corrected chi connectivity index (χ4v) is 7.68. The van der Waals surface area contributed by atoms with E-state index >= 15 is 0 Å². The highest BCUT2D eigenvalue weighted by Gasteiger charge is 2.36. The predicted octanol–water partition coefficient (Wildman–Crippen LogP) is 5.53. The molecule has 6 saturated heterocycles. The molecule has 8 nitrogen and oxygen atoms in total. The number of halogens is 2. The smallest absolute Gasteiger partial charge is 0.271 e. The van der Waals surface area contributed by atoms with Crippen LogP contribution >= 0.6 is 23.2 Å². The lowest BCUT2D eigenvalue weighted by Gasteiger charge is -2.44. The van der Waals surface area contributed by atoms with Crippen molar-refractivity contribution in [2.45, 2.75) is 37.8 Å². The molecule has 0 aliphatic carbocycles. The van der Waals surface area contributed by atoms with E-state index in [9.17, 15) is 9.59 Å². The normalized spacial score (nSPS) is 28.0. The Kier molecular flexibility index (Phi) is 7.65. The number of hydrogen-bond donors (Lipinski definition) is 2. The molecule has 0 radical (unpaired) electrons. The van der Waals surface area contributed by atoms with E-state index < -0.39 is 0 Å². The second-order valence-electron chi connectivity index (χ2n) is 12.2. The predicted molar refractivity (Wildman–Crippen MR) is 167 cm³/mol. The number of H-pyrrole nitrogens is 2. The number of rotatable bonds is 4. The van der Waals surface area contributed by atoms with Gasteiger partial charge in [-0.05, 0) is 99.1 Å². The number of nitrogens with one attached hydrogen (secondary N) is 2. The van der Waals surface area contributed by atoms with Crippen molar-refractivity contribution in [2.75, 3.05) is 39.3 Å². The molecule has 10 heteroatoms. The highest BCUT2D eigenvalue weighted by Crippen LogP contribution is 2.36. The van der Waals surface area contributed by atoms with Gasteiger partial charge in [0.05, 0.1) is 23.2 Å². The molecule has 0 spiro atoms. The molecule has 6 aliphatic rings. The lowest BCUT2D eigenvalue weighted by atomic mass is 9.84. The van der Waals surface area contributed by atoms with Crippen molar-refractivity contribution in [3.8, 4) is 22.3 Å². The first-order valence-corrected chi connectivity index (χ1v) is 15.8. The minimum Gasteiger partial charge on any atom is -0.301 e. The van der Waals surface area contributed by atoms with Gasteiger partial charge in [-0.1, -0.05) is 47.5 Å². The van der Waals surface area contributed by atoms with Gasteiger partial charge in [-0.2, -0.15) is 0 Å². The van der Waals surface area contributed by atoms with Gasteiger partial charge in [-0.3, -0.25) is 29.2 Å². The Labute approximate surface area is 254 Å². The van der Waals surface area contributed by atoms with Crippen molar-refractivity contribution in [1.29, 1.82) is 0 Å². The van der Waals surface area contributed by atoms with E-state index in [-0.39, 0.29) is 11.1 Å². The summed E-state index contributed by atoms with van der Waals surface area (Å²) in [7, 11) is 0. The summed E-state index contributed by atoms with van der Waals surface area (Å²) < 4.78 is 4.05. The molecular weight excluding hydrogens is 571 g/mol. The Bertz CT molecular complexity index is 1650. The summed E-state index contributed by atoms with van der Waals surface area (Å²) in [6.07, 6.45) is 8.87. The second-order valence-corrected chi connectivity index (χ2v) is 13.1. The Morgan fingerprint density at radius 3 is 1.57 bits per heavy atom. The SMILES string of the molecule is O=c1[nH]n(C2CN3CCC2CC3)cc1-c1ccc(Cl)cc1.O=c1[nH]n(C2CN3CCC2CC3)cc1-c1cccc(Cl)c1. The lowest BCUT2D eigenvalue weighted by molar-refractivity contribution is 0.0511. The van der Waals surface area contributed by atoms with Crippen LogP contribution in [0.2, 0.25) is 10.0 Å². The van der Waals surface area contributed by atoms with Gasteiger partial charge in [0.1, 0.15) is 0 Å². The van der Waals surface area contributed by atoms with Crippen molar-refractivity contribution in [1.82, 2.24) is 29.4 Å². The van der Waals surface area contributed by atoms with Gasteiger partial charge < -0.3 is 9.80 Å². The van der Waals surface area contributed by atoms with Crippen LogP contribution in [-0.2, 0) is 0 Å². The summed E-state index contributed by atoms with van der Waals surface area (Å²) in [6, 6.07) is 15.7. The van der Waals surface area contributed by atoms with Crippen LogP contribution in [0.5, 0.6) is 0 Å². The summed E-state index contributed by atoms with van der Waals surface area (Å²) in [5.74, 6) is 1.38. The quantitative estimate of drug-likeness (QED) is 0.320. The molecule has 2 unspecified atom stereocenters. The van der Waals surface area contributed by atoms with Crippen molar-refractivity contribution in [3.63, 3.8) is 0 Å². The second kappa shape index (κ2) is 11.6. The van der Waals surface area contributed by atoms with Gasteiger partial charge in [0.15, 0.2) is 0 Å². The topological polar surface area (TPSA) is 82.1 Å². The number of hydrogen-bond acceptors (Lipinski definition) is 4. The molecule has 4 bridgehead atoms. The third kappa shape index (κ3) is 5.53. The Balaban J connectivity index is 0.000000137. The number of nitrogens with zero attached hydrogens (tertiary/aromatic N) is 4. The maximum Gasteiger partial charge on any atom is 0.271 e. The molecule has 4 aromatic rings. The monoisotopic (exact) mass is 606 g/mol. The number of benzene rings is 2. The van der Waals surface area contributed by atoms with Crippen molar-refractivity contribution < 1.29 is 0 Å². The first-order chi connectivity index (χ1) is 20.4. The van der Waals surface area contributed by atoms with Crippen LogP contribution in [0.15, 0.2) is 70.5 Å². The Hall–Kier alpha value is -3.04. The molecule has 8 heterocycles. The van der Waals surface area contributed by atoms with Gasteiger partial charge in [0.25, 0.3) is 11.1 Å². The third-order valence-corrected chi connectivity index (χ3v) is 10.2. The van der Waals surface area contributed by atoms with Crippen molar-refractivity contribution >= 4 is 23.2 Å². The van der Waals surface area contributed by atoms with Crippen LogP contribution in [0.4, 0.5) is 0 Å². The first kappa shape index (κ1) is 27.8. The van der Waals surface area contributed by atoms with E-state index in [1.54, 1.807) is 0 Å². The lowest BCUT2D eigenvalue weighted by Crippen LogP contribution is -2.48. The maximum atomic E-state index is 12.3. The van der Waals surface area contributed by atoms with Crippen LogP contribution in [0.1, 0.15) is 37.8 Å². The van der Waals surface area contributed by atoms with Crippen LogP contribution in [0.25, 0.3) is 22.3 Å². The molecule has 0 amide bonds. The van der Waals surface area contributed by atoms with Gasteiger partial charge >= 0.3 is 0 Å². The zero-order chi connectivity index (χ0) is 28.8. The van der Waals surface area contributed by atoms with Crippen LogP contribution in [0.3, 0.4) is 0 Å². The summed E-state index contributed by atoms with van der Waals surface area (Å²) in [4.78, 5) is 29.5. The molecule has 2 atom stereocenters. The standard InChI is InChI=1S/2C16H18ClN3O/c17-13-3-1-11(2-4-13)14-9-20(18-16(14)21)15-10-19-7-5-12(15)6-8-19;17-13-3-1-2-12(8-13)14-9-20(18-16(14)21)15-10-19-6-4-11(15)5-7-19/h1-4,9,12,15H,5-8,10H2,(H,18,21);1-3,8-9,11,15H,4-7,10H2,(H,18,21). The zero-order valence-corrected chi connectivity index (χ0v) is 25.0. The highest BCUT2D eigenvalue weighted by molar-refractivity contribution is 6.31. The largest absolute Gasteiger partial charge is 0.301 e. The average Bonchev–Trinajstić information content (AvgIpc) is 3.61. The molecule has 6 fully saturated rings. The summed E-state index contributed by atoms with van der Waals surface area (Å²) >= 11 is 11.9. The van der Waals surface area contributed by atoms with E-state index in [2.05, 4.69) is 20.0 Å². The molecule has 2 aromatic carbocycles. The average molecular weight is 608 g/mol. The minimum absolute atomic E-state index is 0.0197. The summed E-state index contributed by atoms with van der Waals surface area (Å²) in [5, 5.41) is 7.36. The summed E-state index contributed by atoms with van der Waals surface area (Å²) in [5.41, 5.74) is 3.17. The molecule has 10 rings (SSSR count). The molecule has 6 aliphatic heterocycles. The maximum absolute atomic E-state index is 12.3. The van der Waals surface area contributed by atoms with Crippen LogP contribution in [0, 0.1) is 11.8 Å². The fourth-order valence-electron chi connectivity index (χ4n) is 7.37. The molecule has 2 N–H and O–H groups in total. The Morgan fingerprint density at radius 1 is 0.619 bits per heavy atom. The van der Waals surface area contributed by atoms with E-state index in [0.717, 1.165) is 29.8 Å². The first-order valence-electron chi connectivity index (χ1n) is 15.0. The van der Waals surface area contributed by atoms with E-state index in [1.807, 2.05) is 70.3 Å². The highest BCUT2D eigenvalue weighted by atomic mass is 35.5. The van der Waals surface area contributed by atoms with Gasteiger partial charge in [0.2, 0.25) is 0 Å². The van der Waals surface area contributed by atoms with Crippen molar-refractivity contribution in [3.05, 3.63) is 91.7 Å². The molecule has 2 aromatic heterocycles. The van der Waals surface area contributed by atoms with Gasteiger partial charge in [-0.15, -0.1) is 0 Å². The molecule has 0 saturated carbocycles. The minimum atomic E-state index is -0.0336. The molecule has 220 valence electrons. The summed E-state index contributed by atoms with van der Waals surface area (Å²) in [6.45, 7) is 6.91. The van der Waals surface area contributed by atoms with Crippen molar-refractivity contribution in [2.24, 2.45) is 11.8 Å². The Morgan fingerprint density at radius 2 is 1.12 bits per heavy atom.